The van der Waals surface area contributed by atoms with Gasteiger partial charge < -0.3 is 5.73 Å². The molecule has 1 rings (SSSR count). The second-order valence-corrected chi connectivity index (χ2v) is 2.39. The van der Waals surface area contributed by atoms with Crippen molar-refractivity contribution in [2.45, 2.75) is 13.3 Å². The molecule has 0 aliphatic carbocycles. The van der Waals surface area contributed by atoms with Crippen LogP contribution in [0, 0.1) is 0 Å². The summed E-state index contributed by atoms with van der Waals surface area (Å²) >= 11 is 0. The van der Waals surface area contributed by atoms with E-state index >= 15 is 0 Å². The molecule has 68 valence electrons. The number of carbonyl (C=O) groups is 2. The van der Waals surface area contributed by atoms with Gasteiger partial charge in [0.25, 0.3) is 5.91 Å². The van der Waals surface area contributed by atoms with E-state index in [4.69, 9.17) is 5.73 Å². The summed E-state index contributed by atoms with van der Waals surface area (Å²) in [5, 5.41) is 0. The first-order valence-corrected chi connectivity index (χ1v) is 3.80. The molecule has 13 heavy (non-hydrogen) atoms. The molecule has 5 nitrogen and oxygen atoms in total. The van der Waals surface area contributed by atoms with Gasteiger partial charge in [-0.2, -0.15) is 0 Å². The molecule has 0 fully saturated rings. The van der Waals surface area contributed by atoms with E-state index in [1.54, 1.807) is 6.92 Å². The Morgan fingerprint density at radius 1 is 1.31 bits per heavy atom. The largest absolute Gasteiger partial charge is 0.364 e. The maximum atomic E-state index is 11.2. The van der Waals surface area contributed by atoms with Crippen molar-refractivity contribution >= 4 is 11.7 Å². The van der Waals surface area contributed by atoms with Gasteiger partial charge >= 0.3 is 0 Å². The van der Waals surface area contributed by atoms with Gasteiger partial charge in [-0.1, -0.05) is 6.92 Å². The quantitative estimate of drug-likeness (QED) is 0.670. The minimum absolute atomic E-state index is 0.0532. The summed E-state index contributed by atoms with van der Waals surface area (Å²) in [6, 6.07) is 0. The Kier molecular flexibility index (Phi) is 2.69. The molecule has 5 heteroatoms. The highest BCUT2D eigenvalue weighted by molar-refractivity contribution is 6.04. The van der Waals surface area contributed by atoms with Crippen LogP contribution in [0.5, 0.6) is 0 Å². The summed E-state index contributed by atoms with van der Waals surface area (Å²) < 4.78 is 0. The first kappa shape index (κ1) is 9.31. The molecule has 0 bridgehead atoms. The summed E-state index contributed by atoms with van der Waals surface area (Å²) in [7, 11) is 0. The highest BCUT2D eigenvalue weighted by Crippen LogP contribution is 2.03. The first-order chi connectivity index (χ1) is 6.16. The van der Waals surface area contributed by atoms with E-state index in [2.05, 4.69) is 9.97 Å². The molecular formula is C8H9N3O2. The maximum Gasteiger partial charge on any atom is 0.269 e. The van der Waals surface area contributed by atoms with Crippen molar-refractivity contribution in [2.24, 2.45) is 5.73 Å². The fourth-order valence-electron chi connectivity index (χ4n) is 0.890. The van der Waals surface area contributed by atoms with Crippen LogP contribution in [0.2, 0.25) is 0 Å². The molecule has 1 amide bonds. The van der Waals surface area contributed by atoms with Gasteiger partial charge in [0.2, 0.25) is 0 Å². The van der Waals surface area contributed by atoms with Gasteiger partial charge in [-0.3, -0.25) is 9.59 Å². The number of hydrogen-bond acceptors (Lipinski definition) is 4. The van der Waals surface area contributed by atoms with E-state index in [1.165, 1.54) is 12.4 Å². The zero-order valence-corrected chi connectivity index (χ0v) is 7.15. The van der Waals surface area contributed by atoms with Crippen LogP contribution in [-0.2, 0) is 0 Å². The zero-order valence-electron chi connectivity index (χ0n) is 7.15. The van der Waals surface area contributed by atoms with Crippen molar-refractivity contribution in [3.63, 3.8) is 0 Å². The van der Waals surface area contributed by atoms with E-state index in [9.17, 15) is 9.59 Å². The SMILES string of the molecule is CCC(=O)c1nccnc1C(N)=O. The Morgan fingerprint density at radius 3 is 2.31 bits per heavy atom. The molecule has 0 radical (unpaired) electrons. The summed E-state index contributed by atoms with van der Waals surface area (Å²) in [5.41, 5.74) is 5.01. The Balaban J connectivity index is 3.19. The molecule has 1 heterocycles. The van der Waals surface area contributed by atoms with E-state index in [0.717, 1.165) is 0 Å². The third kappa shape index (κ3) is 1.87. The van der Waals surface area contributed by atoms with Crippen molar-refractivity contribution in [1.29, 1.82) is 0 Å². The van der Waals surface area contributed by atoms with Gasteiger partial charge in [0, 0.05) is 18.8 Å². The third-order valence-corrected chi connectivity index (χ3v) is 1.52. The van der Waals surface area contributed by atoms with Gasteiger partial charge in [-0.25, -0.2) is 9.97 Å². The minimum atomic E-state index is -0.732. The molecule has 1 aromatic rings. The van der Waals surface area contributed by atoms with Gasteiger partial charge in [-0.15, -0.1) is 0 Å². The predicted molar refractivity (Wildman–Crippen MR) is 45.2 cm³/mol. The minimum Gasteiger partial charge on any atom is -0.364 e. The van der Waals surface area contributed by atoms with Crippen molar-refractivity contribution < 1.29 is 9.59 Å². The molecular weight excluding hydrogens is 170 g/mol. The highest BCUT2D eigenvalue weighted by Gasteiger charge is 2.15. The average molecular weight is 179 g/mol. The number of ketones is 1. The second kappa shape index (κ2) is 3.75. The number of amides is 1. The number of Topliss-reactive ketones (excluding diaryl/α,β-unsaturated/α-hetero) is 1. The smallest absolute Gasteiger partial charge is 0.269 e. The van der Waals surface area contributed by atoms with Gasteiger partial charge in [0.1, 0.15) is 5.69 Å². The zero-order chi connectivity index (χ0) is 9.84. The first-order valence-electron chi connectivity index (χ1n) is 3.80. The molecule has 0 atom stereocenters. The van der Waals surface area contributed by atoms with E-state index in [1.807, 2.05) is 0 Å². The van der Waals surface area contributed by atoms with Gasteiger partial charge in [0.15, 0.2) is 11.5 Å². The number of primary amides is 1. The van der Waals surface area contributed by atoms with Crippen LogP contribution < -0.4 is 5.73 Å². The lowest BCUT2D eigenvalue weighted by molar-refractivity contribution is 0.0953. The summed E-state index contributed by atoms with van der Waals surface area (Å²) in [4.78, 5) is 29.5. The number of hydrogen-bond donors (Lipinski definition) is 1. The molecule has 0 aliphatic heterocycles. The summed E-state index contributed by atoms with van der Waals surface area (Å²) in [6.07, 6.45) is 2.96. The monoisotopic (exact) mass is 179 g/mol. The Labute approximate surface area is 75.0 Å². The number of rotatable bonds is 3. The molecule has 1 aromatic heterocycles. The number of nitrogens with two attached hydrogens (primary N) is 1. The van der Waals surface area contributed by atoms with E-state index in [-0.39, 0.29) is 23.6 Å². The number of nitrogens with zero attached hydrogens (tertiary/aromatic N) is 2. The molecule has 0 aromatic carbocycles. The fraction of sp³-hybridized carbons (Fsp3) is 0.250. The average Bonchev–Trinajstić information content (AvgIpc) is 2.16. The second-order valence-electron chi connectivity index (χ2n) is 2.39. The predicted octanol–water partition coefficient (Wildman–Crippen LogP) is 0.168. The van der Waals surface area contributed by atoms with Crippen LogP contribution in [0.1, 0.15) is 34.3 Å². The third-order valence-electron chi connectivity index (χ3n) is 1.52. The van der Waals surface area contributed by atoms with E-state index < -0.39 is 5.91 Å². The van der Waals surface area contributed by atoms with Crippen LogP contribution in [-0.4, -0.2) is 21.7 Å². The van der Waals surface area contributed by atoms with Crippen LogP contribution in [0.3, 0.4) is 0 Å². The molecule has 0 aliphatic rings. The standard InChI is InChI=1S/C8H9N3O2/c1-2-5(12)6-7(8(9)13)11-4-3-10-6/h3-4H,2H2,1H3,(H2,9,13). The lowest BCUT2D eigenvalue weighted by atomic mass is 10.2. The Bertz CT molecular complexity index is 349. The molecule has 0 unspecified atom stereocenters. The molecule has 0 saturated carbocycles. The maximum absolute atomic E-state index is 11.2. The van der Waals surface area contributed by atoms with Gasteiger partial charge in [-0.05, 0) is 0 Å². The van der Waals surface area contributed by atoms with Crippen LogP contribution in [0.15, 0.2) is 12.4 Å². The Hall–Kier alpha value is -1.78. The van der Waals surface area contributed by atoms with Crippen LogP contribution in [0.4, 0.5) is 0 Å². The van der Waals surface area contributed by atoms with Crippen molar-refractivity contribution in [3.8, 4) is 0 Å². The van der Waals surface area contributed by atoms with E-state index in [0.29, 0.717) is 0 Å². The van der Waals surface area contributed by atoms with Crippen molar-refractivity contribution in [2.75, 3.05) is 0 Å². The number of aromatic nitrogens is 2. The Morgan fingerprint density at radius 2 is 1.85 bits per heavy atom. The lowest BCUT2D eigenvalue weighted by Gasteiger charge is -2.00. The molecule has 0 spiro atoms. The normalized spacial score (nSPS) is 9.62. The fourth-order valence-corrected chi connectivity index (χ4v) is 0.890. The lowest BCUT2D eigenvalue weighted by Crippen LogP contribution is -2.19. The summed E-state index contributed by atoms with van der Waals surface area (Å²) in [6.45, 7) is 1.68. The topological polar surface area (TPSA) is 85.9 Å². The van der Waals surface area contributed by atoms with Gasteiger partial charge in [0.05, 0.1) is 0 Å². The summed E-state index contributed by atoms with van der Waals surface area (Å²) in [5.74, 6) is -0.966. The van der Waals surface area contributed by atoms with Crippen LogP contribution in [0.25, 0.3) is 0 Å². The highest BCUT2D eigenvalue weighted by atomic mass is 16.1. The van der Waals surface area contributed by atoms with Crippen LogP contribution >= 0.6 is 0 Å². The number of carbonyl (C=O) groups excluding carboxylic acids is 2. The van der Waals surface area contributed by atoms with Crippen molar-refractivity contribution in [1.82, 2.24) is 9.97 Å². The molecule has 0 saturated heterocycles. The van der Waals surface area contributed by atoms with Crippen molar-refractivity contribution in [3.05, 3.63) is 23.8 Å². The molecule has 2 N–H and O–H groups in total.